The van der Waals surface area contributed by atoms with Crippen LogP contribution in [0.15, 0.2) is 23.1 Å². The van der Waals surface area contributed by atoms with Crippen LogP contribution < -0.4 is 5.73 Å². The zero-order chi connectivity index (χ0) is 14.6. The summed E-state index contributed by atoms with van der Waals surface area (Å²) in [5, 5.41) is 0. The van der Waals surface area contributed by atoms with Crippen molar-refractivity contribution in [1.29, 1.82) is 0 Å². The van der Waals surface area contributed by atoms with Gasteiger partial charge in [-0.05, 0) is 18.2 Å². The molecule has 0 aromatic heterocycles. The summed E-state index contributed by atoms with van der Waals surface area (Å²) in [6.07, 6.45) is 0. The molecule has 19 heavy (non-hydrogen) atoms. The van der Waals surface area contributed by atoms with Gasteiger partial charge in [-0.25, -0.2) is 12.8 Å². The van der Waals surface area contributed by atoms with E-state index in [4.69, 9.17) is 10.5 Å². The number of halogens is 1. The third-order valence-electron chi connectivity index (χ3n) is 2.52. The number of nitrogens with zero attached hydrogens (tertiary/aromatic N) is 1. The quantitative estimate of drug-likeness (QED) is 0.784. The summed E-state index contributed by atoms with van der Waals surface area (Å²) in [5.74, 6) is -0.647. The van der Waals surface area contributed by atoms with Crippen LogP contribution in [0.4, 0.5) is 4.39 Å². The van der Waals surface area contributed by atoms with Gasteiger partial charge in [-0.15, -0.1) is 0 Å². The molecule has 0 aliphatic rings. The summed E-state index contributed by atoms with van der Waals surface area (Å²) in [6, 6.07) is 3.34. The molecule has 0 fully saturated rings. The molecule has 1 aromatic carbocycles. The average molecular weight is 306 g/mol. The van der Waals surface area contributed by atoms with E-state index < -0.39 is 15.8 Å². The molecule has 0 saturated heterocycles. The number of nitrogens with two attached hydrogens (primary N) is 1. The van der Waals surface area contributed by atoms with Gasteiger partial charge >= 0.3 is 0 Å². The van der Waals surface area contributed by atoms with E-state index in [0.29, 0.717) is 0 Å². The van der Waals surface area contributed by atoms with Crippen LogP contribution in [0.25, 0.3) is 0 Å². The van der Waals surface area contributed by atoms with Gasteiger partial charge in [0.25, 0.3) is 0 Å². The summed E-state index contributed by atoms with van der Waals surface area (Å²) in [5.41, 5.74) is 5.26. The van der Waals surface area contributed by atoms with Gasteiger partial charge < -0.3 is 10.5 Å². The number of likely N-dealkylation sites (N-methyl/N-ethyl adjacent to an activating group) is 1. The average Bonchev–Trinajstić information content (AvgIpc) is 2.35. The minimum absolute atomic E-state index is 0.0599. The maximum absolute atomic E-state index is 13.4. The number of ether oxygens (including phenoxy) is 1. The molecule has 0 saturated carbocycles. The van der Waals surface area contributed by atoms with E-state index >= 15 is 0 Å². The predicted octanol–water partition coefficient (Wildman–Crippen LogP) is 0.727. The Kier molecular flexibility index (Phi) is 5.36. The Bertz CT molecular complexity index is 575. The number of hydrogen-bond donors (Lipinski definition) is 1. The second kappa shape index (κ2) is 6.38. The molecule has 0 amide bonds. The SMILES string of the molecule is COCCN(C)S(=O)(=O)c1ccc(F)c(C(N)=S)c1. The van der Waals surface area contributed by atoms with Crippen molar-refractivity contribution >= 4 is 27.2 Å². The monoisotopic (exact) mass is 306 g/mol. The molecule has 0 unspecified atom stereocenters. The highest BCUT2D eigenvalue weighted by Gasteiger charge is 2.22. The van der Waals surface area contributed by atoms with Crippen molar-refractivity contribution in [3.05, 3.63) is 29.6 Å². The molecule has 8 heteroatoms. The lowest BCUT2D eigenvalue weighted by Gasteiger charge is -2.17. The molecular formula is C11H15FN2O3S2. The van der Waals surface area contributed by atoms with Crippen molar-refractivity contribution in [3.8, 4) is 0 Å². The highest BCUT2D eigenvalue weighted by molar-refractivity contribution is 7.89. The zero-order valence-electron chi connectivity index (χ0n) is 10.6. The maximum Gasteiger partial charge on any atom is 0.242 e. The van der Waals surface area contributed by atoms with Crippen molar-refractivity contribution in [2.75, 3.05) is 27.3 Å². The Morgan fingerprint density at radius 1 is 1.53 bits per heavy atom. The van der Waals surface area contributed by atoms with Gasteiger partial charge in [-0.1, -0.05) is 12.2 Å². The van der Waals surface area contributed by atoms with Crippen LogP contribution in [0.2, 0.25) is 0 Å². The first kappa shape index (κ1) is 16.0. The summed E-state index contributed by atoms with van der Waals surface area (Å²) >= 11 is 4.68. The number of rotatable bonds is 6. The molecule has 0 aliphatic carbocycles. The fourth-order valence-corrected chi connectivity index (χ4v) is 2.71. The molecule has 5 nitrogen and oxygen atoms in total. The van der Waals surface area contributed by atoms with Crippen LogP contribution in [-0.2, 0) is 14.8 Å². The van der Waals surface area contributed by atoms with Crippen LogP contribution in [0.1, 0.15) is 5.56 Å². The van der Waals surface area contributed by atoms with E-state index in [1.54, 1.807) is 0 Å². The second-order valence-electron chi connectivity index (χ2n) is 3.83. The third kappa shape index (κ3) is 3.69. The molecule has 1 rings (SSSR count). The van der Waals surface area contributed by atoms with Crippen molar-refractivity contribution < 1.29 is 17.5 Å². The zero-order valence-corrected chi connectivity index (χ0v) is 12.2. The standard InChI is InChI=1S/C11H15FN2O3S2/c1-14(5-6-17-2)19(15,16)8-3-4-10(12)9(7-8)11(13)18/h3-4,7H,5-6H2,1-2H3,(H2,13,18). The number of benzene rings is 1. The smallest absolute Gasteiger partial charge is 0.242 e. The Labute approximate surface area is 117 Å². The number of sulfonamides is 1. The van der Waals surface area contributed by atoms with Crippen LogP contribution in [0.3, 0.4) is 0 Å². The highest BCUT2D eigenvalue weighted by Crippen LogP contribution is 2.18. The van der Waals surface area contributed by atoms with Crippen molar-refractivity contribution in [2.45, 2.75) is 4.90 Å². The number of methoxy groups -OCH3 is 1. The first-order valence-electron chi connectivity index (χ1n) is 5.35. The Hall–Kier alpha value is -1.09. The molecule has 1 aromatic rings. The van der Waals surface area contributed by atoms with Crippen molar-refractivity contribution in [2.24, 2.45) is 5.73 Å². The Balaban J connectivity index is 3.15. The van der Waals surface area contributed by atoms with Gasteiger partial charge in [-0.3, -0.25) is 0 Å². The van der Waals surface area contributed by atoms with Gasteiger partial charge in [0, 0.05) is 26.3 Å². The van der Waals surface area contributed by atoms with Crippen LogP contribution in [-0.4, -0.2) is 45.0 Å². The Morgan fingerprint density at radius 2 is 2.16 bits per heavy atom. The molecule has 0 spiro atoms. The lowest BCUT2D eigenvalue weighted by atomic mass is 10.2. The number of hydrogen-bond acceptors (Lipinski definition) is 4. The Morgan fingerprint density at radius 3 is 2.68 bits per heavy atom. The third-order valence-corrected chi connectivity index (χ3v) is 4.59. The van der Waals surface area contributed by atoms with E-state index in [9.17, 15) is 12.8 Å². The van der Waals surface area contributed by atoms with Crippen molar-refractivity contribution in [1.82, 2.24) is 4.31 Å². The first-order valence-corrected chi connectivity index (χ1v) is 7.20. The summed E-state index contributed by atoms with van der Waals surface area (Å²) in [7, 11) is -0.822. The van der Waals surface area contributed by atoms with Gasteiger partial charge in [0.1, 0.15) is 10.8 Å². The molecule has 0 radical (unpaired) electrons. The van der Waals surface area contributed by atoms with E-state index in [1.807, 2.05) is 0 Å². The molecule has 2 N–H and O–H groups in total. The minimum atomic E-state index is -3.71. The van der Waals surface area contributed by atoms with E-state index in [-0.39, 0.29) is 28.6 Å². The highest BCUT2D eigenvalue weighted by atomic mass is 32.2. The predicted molar refractivity (Wildman–Crippen MR) is 74.0 cm³/mol. The normalized spacial score (nSPS) is 11.8. The van der Waals surface area contributed by atoms with Crippen molar-refractivity contribution in [3.63, 3.8) is 0 Å². The van der Waals surface area contributed by atoms with E-state index in [1.165, 1.54) is 20.2 Å². The summed E-state index contributed by atoms with van der Waals surface area (Å²) in [4.78, 5) is -0.246. The fourth-order valence-electron chi connectivity index (χ4n) is 1.37. The maximum atomic E-state index is 13.4. The summed E-state index contributed by atoms with van der Waals surface area (Å²) < 4.78 is 43.7. The second-order valence-corrected chi connectivity index (χ2v) is 6.31. The lowest BCUT2D eigenvalue weighted by Crippen LogP contribution is -2.30. The van der Waals surface area contributed by atoms with E-state index in [0.717, 1.165) is 16.4 Å². The largest absolute Gasteiger partial charge is 0.389 e. The number of thiocarbonyl (C=S) groups is 1. The van der Waals surface area contributed by atoms with Gasteiger partial charge in [0.05, 0.1) is 11.5 Å². The van der Waals surface area contributed by atoms with Crippen LogP contribution >= 0.6 is 12.2 Å². The molecule has 0 bridgehead atoms. The molecular weight excluding hydrogens is 291 g/mol. The van der Waals surface area contributed by atoms with Crippen LogP contribution in [0.5, 0.6) is 0 Å². The lowest BCUT2D eigenvalue weighted by molar-refractivity contribution is 0.185. The van der Waals surface area contributed by atoms with E-state index in [2.05, 4.69) is 12.2 Å². The fraction of sp³-hybridized carbons (Fsp3) is 0.364. The van der Waals surface area contributed by atoms with Crippen LogP contribution in [0, 0.1) is 5.82 Å². The first-order chi connectivity index (χ1) is 8.80. The molecule has 106 valence electrons. The minimum Gasteiger partial charge on any atom is -0.389 e. The van der Waals surface area contributed by atoms with Gasteiger partial charge in [0.2, 0.25) is 10.0 Å². The summed E-state index contributed by atoms with van der Waals surface area (Å²) in [6.45, 7) is 0.456. The molecule has 0 heterocycles. The van der Waals surface area contributed by atoms with Gasteiger partial charge in [0.15, 0.2) is 0 Å². The molecule has 0 atom stereocenters. The topological polar surface area (TPSA) is 72.6 Å². The molecule has 0 aliphatic heterocycles. The van der Waals surface area contributed by atoms with Gasteiger partial charge in [-0.2, -0.15) is 4.31 Å².